The van der Waals surface area contributed by atoms with Crippen LogP contribution >= 0.6 is 11.3 Å². The van der Waals surface area contributed by atoms with E-state index in [0.717, 1.165) is 43.9 Å². The van der Waals surface area contributed by atoms with E-state index in [1.54, 1.807) is 11.4 Å². The lowest BCUT2D eigenvalue weighted by Crippen LogP contribution is -2.25. The van der Waals surface area contributed by atoms with E-state index in [2.05, 4.69) is 24.1 Å². The second kappa shape index (κ2) is 7.24. The number of hydrogen-bond donors (Lipinski definition) is 1. The minimum Gasteiger partial charge on any atom is -0.379 e. The summed E-state index contributed by atoms with van der Waals surface area (Å²) >= 11 is 1.16. The van der Waals surface area contributed by atoms with Crippen LogP contribution in [-0.4, -0.2) is 36.0 Å². The fraction of sp³-hybridized carbons (Fsp3) is 0.636. The lowest BCUT2D eigenvalue weighted by molar-refractivity contribution is -0.379. The normalized spacial score (nSPS) is 10.8. The molecule has 0 atom stereocenters. The van der Waals surface area contributed by atoms with Gasteiger partial charge in [0.2, 0.25) is 0 Å². The maximum absolute atomic E-state index is 10.7. The second-order valence-electron chi connectivity index (χ2n) is 3.70. The van der Waals surface area contributed by atoms with E-state index in [1.165, 1.54) is 0 Å². The van der Waals surface area contributed by atoms with Gasteiger partial charge in [-0.3, -0.25) is 10.1 Å². The SMILES string of the molecule is CCN(CC)CCCNc1ccsc1[N+](=O)[O-]. The molecule has 96 valence electrons. The molecule has 0 bridgehead atoms. The smallest absolute Gasteiger partial charge is 0.347 e. The molecule has 1 N–H and O–H groups in total. The maximum Gasteiger partial charge on any atom is 0.347 e. The number of hydrogen-bond acceptors (Lipinski definition) is 5. The van der Waals surface area contributed by atoms with E-state index >= 15 is 0 Å². The first-order valence-electron chi connectivity index (χ1n) is 5.87. The molecule has 1 aromatic heterocycles. The Morgan fingerprint density at radius 2 is 2.18 bits per heavy atom. The average Bonchev–Trinajstić information content (AvgIpc) is 2.78. The molecule has 0 aliphatic rings. The van der Waals surface area contributed by atoms with Crippen molar-refractivity contribution < 1.29 is 4.92 Å². The van der Waals surface area contributed by atoms with Crippen molar-refractivity contribution >= 4 is 22.0 Å². The van der Waals surface area contributed by atoms with Crippen LogP contribution in [-0.2, 0) is 0 Å². The standard InChI is InChI=1S/C11H19N3O2S/c1-3-13(4-2)8-5-7-12-10-6-9-17-11(10)14(15)16/h6,9,12H,3-5,7-8H2,1-2H3. The Morgan fingerprint density at radius 3 is 2.76 bits per heavy atom. The quantitative estimate of drug-likeness (QED) is 0.442. The molecule has 0 amide bonds. The Morgan fingerprint density at radius 1 is 1.47 bits per heavy atom. The van der Waals surface area contributed by atoms with Crippen molar-refractivity contribution in [1.29, 1.82) is 0 Å². The highest BCUT2D eigenvalue weighted by atomic mass is 32.1. The molecule has 6 heteroatoms. The van der Waals surface area contributed by atoms with E-state index in [0.29, 0.717) is 5.69 Å². The highest BCUT2D eigenvalue weighted by Crippen LogP contribution is 2.30. The van der Waals surface area contributed by atoms with Crippen LogP contribution in [0.1, 0.15) is 20.3 Å². The number of anilines is 1. The Hall–Kier alpha value is -1.14. The number of nitrogens with zero attached hydrogens (tertiary/aromatic N) is 2. The molecule has 0 aliphatic carbocycles. The molecule has 0 aromatic carbocycles. The summed E-state index contributed by atoms with van der Waals surface area (Å²) in [5, 5.41) is 15.7. The van der Waals surface area contributed by atoms with Gasteiger partial charge in [-0.15, -0.1) is 0 Å². The lowest BCUT2D eigenvalue weighted by atomic mass is 10.3. The second-order valence-corrected chi connectivity index (χ2v) is 4.60. The topological polar surface area (TPSA) is 58.4 Å². The van der Waals surface area contributed by atoms with E-state index < -0.39 is 0 Å². The van der Waals surface area contributed by atoms with Gasteiger partial charge in [0.1, 0.15) is 5.69 Å². The summed E-state index contributed by atoms with van der Waals surface area (Å²) in [6, 6.07) is 1.76. The molecule has 0 saturated heterocycles. The molecule has 0 unspecified atom stereocenters. The molecule has 5 nitrogen and oxygen atoms in total. The Labute approximate surface area is 106 Å². The average molecular weight is 257 g/mol. The van der Waals surface area contributed by atoms with E-state index in [-0.39, 0.29) is 9.92 Å². The Bertz CT molecular complexity index is 350. The summed E-state index contributed by atoms with van der Waals surface area (Å²) in [5.41, 5.74) is 0.638. The highest BCUT2D eigenvalue weighted by Gasteiger charge is 2.14. The molecule has 0 spiro atoms. The molecule has 0 aliphatic heterocycles. The molecular weight excluding hydrogens is 238 g/mol. The number of nitro groups is 1. The third-order valence-electron chi connectivity index (χ3n) is 2.67. The van der Waals surface area contributed by atoms with Crippen LogP contribution < -0.4 is 5.32 Å². The first-order valence-corrected chi connectivity index (χ1v) is 6.75. The van der Waals surface area contributed by atoms with Gasteiger partial charge >= 0.3 is 5.00 Å². The van der Waals surface area contributed by atoms with E-state index in [9.17, 15) is 10.1 Å². The van der Waals surface area contributed by atoms with Crippen LogP contribution in [0.15, 0.2) is 11.4 Å². The first-order chi connectivity index (χ1) is 8.19. The van der Waals surface area contributed by atoms with Crippen LogP contribution in [0.2, 0.25) is 0 Å². The minimum atomic E-state index is -0.336. The van der Waals surface area contributed by atoms with Crippen molar-refractivity contribution in [2.75, 3.05) is 31.5 Å². The van der Waals surface area contributed by atoms with Crippen LogP contribution in [0.25, 0.3) is 0 Å². The van der Waals surface area contributed by atoms with E-state index in [1.807, 2.05) is 0 Å². The van der Waals surface area contributed by atoms with Gasteiger partial charge in [-0.05, 0) is 37.5 Å². The summed E-state index contributed by atoms with van der Waals surface area (Å²) in [6.07, 6.45) is 0.995. The van der Waals surface area contributed by atoms with Crippen LogP contribution in [0, 0.1) is 10.1 Å². The van der Waals surface area contributed by atoms with Gasteiger partial charge in [0.25, 0.3) is 0 Å². The molecule has 1 aromatic rings. The predicted molar refractivity (Wildman–Crippen MR) is 71.9 cm³/mol. The zero-order valence-electron chi connectivity index (χ0n) is 10.3. The fourth-order valence-corrected chi connectivity index (χ4v) is 2.33. The Balaban J connectivity index is 2.31. The number of rotatable bonds is 8. The molecule has 0 saturated carbocycles. The van der Waals surface area contributed by atoms with Crippen LogP contribution in [0.3, 0.4) is 0 Å². The largest absolute Gasteiger partial charge is 0.379 e. The van der Waals surface area contributed by atoms with Crippen LogP contribution in [0.4, 0.5) is 10.7 Å². The molecule has 0 radical (unpaired) electrons. The molecule has 0 fully saturated rings. The minimum absolute atomic E-state index is 0.202. The van der Waals surface area contributed by atoms with Gasteiger partial charge < -0.3 is 10.2 Å². The Kier molecular flexibility index (Phi) is 5.93. The monoisotopic (exact) mass is 257 g/mol. The lowest BCUT2D eigenvalue weighted by Gasteiger charge is -2.17. The summed E-state index contributed by atoms with van der Waals surface area (Å²) < 4.78 is 0. The van der Waals surface area contributed by atoms with Gasteiger partial charge in [0.05, 0.1) is 4.92 Å². The summed E-state index contributed by atoms with van der Waals surface area (Å²) in [4.78, 5) is 12.7. The summed E-state index contributed by atoms with van der Waals surface area (Å²) in [6.45, 7) is 8.18. The van der Waals surface area contributed by atoms with Crippen molar-refractivity contribution in [2.24, 2.45) is 0 Å². The molecular formula is C11H19N3O2S. The van der Waals surface area contributed by atoms with Gasteiger partial charge in [0, 0.05) is 6.54 Å². The van der Waals surface area contributed by atoms with Crippen molar-refractivity contribution in [3.05, 3.63) is 21.6 Å². The number of thiophene rings is 1. The van der Waals surface area contributed by atoms with Gasteiger partial charge in [-0.25, -0.2) is 0 Å². The molecule has 1 heterocycles. The van der Waals surface area contributed by atoms with Gasteiger partial charge in [0.15, 0.2) is 0 Å². The first kappa shape index (κ1) is 13.9. The third-order valence-corrected chi connectivity index (χ3v) is 3.54. The summed E-state index contributed by atoms with van der Waals surface area (Å²) in [7, 11) is 0. The molecule has 17 heavy (non-hydrogen) atoms. The van der Waals surface area contributed by atoms with Crippen molar-refractivity contribution in [1.82, 2.24) is 4.90 Å². The zero-order chi connectivity index (χ0) is 12.7. The van der Waals surface area contributed by atoms with E-state index in [4.69, 9.17) is 0 Å². The molecule has 1 rings (SSSR count). The number of nitrogens with one attached hydrogen (secondary N) is 1. The van der Waals surface area contributed by atoms with Gasteiger partial charge in [-0.2, -0.15) is 0 Å². The van der Waals surface area contributed by atoms with Crippen molar-refractivity contribution in [3.63, 3.8) is 0 Å². The van der Waals surface area contributed by atoms with Gasteiger partial charge in [-0.1, -0.05) is 25.2 Å². The summed E-state index contributed by atoms with van der Waals surface area (Å²) in [5.74, 6) is 0. The van der Waals surface area contributed by atoms with Crippen molar-refractivity contribution in [2.45, 2.75) is 20.3 Å². The maximum atomic E-state index is 10.7. The predicted octanol–water partition coefficient (Wildman–Crippen LogP) is 2.80. The highest BCUT2D eigenvalue weighted by molar-refractivity contribution is 7.14. The van der Waals surface area contributed by atoms with Crippen molar-refractivity contribution in [3.8, 4) is 0 Å². The fourth-order valence-electron chi connectivity index (χ4n) is 1.64. The third kappa shape index (κ3) is 4.32. The van der Waals surface area contributed by atoms with Crippen LogP contribution in [0.5, 0.6) is 0 Å². The zero-order valence-corrected chi connectivity index (χ0v) is 11.1.